The Kier molecular flexibility index (Phi) is 6.21. The molecule has 108 valence electrons. The van der Waals surface area contributed by atoms with Gasteiger partial charge in [-0.2, -0.15) is 0 Å². The highest BCUT2D eigenvalue weighted by molar-refractivity contribution is 7.80. The summed E-state index contributed by atoms with van der Waals surface area (Å²) < 4.78 is 0. The maximum absolute atomic E-state index is 12.3. The normalized spacial score (nSPS) is 17.9. The van der Waals surface area contributed by atoms with Gasteiger partial charge in [0.15, 0.2) is 0 Å². The summed E-state index contributed by atoms with van der Waals surface area (Å²) in [6.45, 7) is 4.85. The van der Waals surface area contributed by atoms with Gasteiger partial charge in [0.2, 0.25) is 11.8 Å². The molecule has 5 nitrogen and oxygen atoms in total. The summed E-state index contributed by atoms with van der Waals surface area (Å²) in [6.07, 6.45) is 3.18. The van der Waals surface area contributed by atoms with Crippen LogP contribution in [-0.4, -0.2) is 40.8 Å². The van der Waals surface area contributed by atoms with Crippen LogP contribution in [0.1, 0.15) is 39.5 Å². The number of hydrogen-bond donors (Lipinski definition) is 2. The molecule has 0 aromatic rings. The molecule has 19 heavy (non-hydrogen) atoms. The first-order valence-corrected chi connectivity index (χ1v) is 7.21. The van der Waals surface area contributed by atoms with Crippen LogP contribution in [0.3, 0.4) is 0 Å². The highest BCUT2D eigenvalue weighted by Crippen LogP contribution is 2.16. The van der Waals surface area contributed by atoms with Crippen molar-refractivity contribution in [2.24, 2.45) is 11.7 Å². The lowest BCUT2D eigenvalue weighted by Crippen LogP contribution is -2.49. The summed E-state index contributed by atoms with van der Waals surface area (Å²) >= 11 is 4.98. The van der Waals surface area contributed by atoms with Crippen LogP contribution in [0.25, 0.3) is 0 Å². The number of thiocarbonyl (C=S) groups is 1. The summed E-state index contributed by atoms with van der Waals surface area (Å²) in [4.78, 5) is 25.4. The third kappa shape index (κ3) is 4.78. The highest BCUT2D eigenvalue weighted by Gasteiger charge is 2.29. The maximum atomic E-state index is 12.3. The quantitative estimate of drug-likeness (QED) is 0.733. The third-order valence-electron chi connectivity index (χ3n) is 3.43. The lowest BCUT2D eigenvalue weighted by molar-refractivity contribution is -0.134. The molecule has 1 aliphatic rings. The molecule has 1 saturated heterocycles. The van der Waals surface area contributed by atoms with Crippen molar-refractivity contribution in [1.29, 1.82) is 0 Å². The number of carbonyl (C=O) groups is 2. The lowest BCUT2D eigenvalue weighted by Gasteiger charge is -2.34. The molecule has 1 rings (SSSR count). The lowest BCUT2D eigenvalue weighted by atomic mass is 9.99. The minimum atomic E-state index is -0.336. The minimum absolute atomic E-state index is 0.0169. The van der Waals surface area contributed by atoms with Crippen LogP contribution < -0.4 is 11.1 Å². The molecule has 0 aliphatic carbocycles. The summed E-state index contributed by atoms with van der Waals surface area (Å²) in [5.74, 6) is -0.315. The van der Waals surface area contributed by atoms with Crippen LogP contribution in [0.5, 0.6) is 0 Å². The zero-order valence-electron chi connectivity index (χ0n) is 11.6. The van der Waals surface area contributed by atoms with Crippen molar-refractivity contribution in [3.8, 4) is 0 Å². The number of hydrogen-bond acceptors (Lipinski definition) is 3. The number of likely N-dealkylation sites (tertiary alicyclic amines) is 1. The fraction of sp³-hybridized carbons (Fsp3) is 0.769. The molecule has 3 N–H and O–H groups in total. The largest absolute Gasteiger partial charge is 0.393 e. The Balaban J connectivity index is 2.51. The number of rotatable bonds is 5. The topological polar surface area (TPSA) is 75.4 Å². The van der Waals surface area contributed by atoms with E-state index in [-0.39, 0.29) is 28.8 Å². The molecule has 0 radical (unpaired) electrons. The fourth-order valence-corrected chi connectivity index (χ4v) is 2.65. The van der Waals surface area contributed by atoms with Gasteiger partial charge in [-0.25, -0.2) is 0 Å². The van der Waals surface area contributed by atoms with Gasteiger partial charge < -0.3 is 16.0 Å². The number of carbonyl (C=O) groups excluding carboxylic acids is 2. The standard InChI is InChI=1S/C13H23N3O2S/c1-3-4-11(12(14)19)13(18)16-7-5-10(6-8-16)15-9(2)17/h10-11H,3-8H2,1-2H3,(H2,14,19)(H,15,17). The average Bonchev–Trinajstić information content (AvgIpc) is 2.35. The van der Waals surface area contributed by atoms with E-state index in [4.69, 9.17) is 18.0 Å². The van der Waals surface area contributed by atoms with Gasteiger partial charge in [0.25, 0.3) is 0 Å². The van der Waals surface area contributed by atoms with Crippen LogP contribution in [-0.2, 0) is 9.59 Å². The molecule has 1 atom stereocenters. The van der Waals surface area contributed by atoms with E-state index >= 15 is 0 Å². The minimum Gasteiger partial charge on any atom is -0.393 e. The smallest absolute Gasteiger partial charge is 0.232 e. The van der Waals surface area contributed by atoms with E-state index in [0.29, 0.717) is 19.5 Å². The maximum Gasteiger partial charge on any atom is 0.232 e. The van der Waals surface area contributed by atoms with Crippen LogP contribution in [0, 0.1) is 5.92 Å². The van der Waals surface area contributed by atoms with Crippen LogP contribution in [0.2, 0.25) is 0 Å². The third-order valence-corrected chi connectivity index (χ3v) is 3.72. The molecule has 0 spiro atoms. The van der Waals surface area contributed by atoms with Crippen LogP contribution >= 0.6 is 12.2 Å². The van der Waals surface area contributed by atoms with Gasteiger partial charge >= 0.3 is 0 Å². The summed E-state index contributed by atoms with van der Waals surface area (Å²) in [5.41, 5.74) is 5.65. The first-order valence-electron chi connectivity index (χ1n) is 6.80. The number of nitrogens with two attached hydrogens (primary N) is 1. The van der Waals surface area contributed by atoms with Gasteiger partial charge in [-0.05, 0) is 19.3 Å². The number of piperidine rings is 1. The molecule has 0 bridgehead atoms. The van der Waals surface area contributed by atoms with E-state index in [1.54, 1.807) is 0 Å². The van der Waals surface area contributed by atoms with Gasteiger partial charge in [0, 0.05) is 26.1 Å². The van der Waals surface area contributed by atoms with Crippen molar-refractivity contribution in [1.82, 2.24) is 10.2 Å². The van der Waals surface area contributed by atoms with Crippen molar-refractivity contribution in [3.63, 3.8) is 0 Å². The van der Waals surface area contributed by atoms with Crippen molar-refractivity contribution in [2.75, 3.05) is 13.1 Å². The molecule has 1 unspecified atom stereocenters. The molecular weight excluding hydrogens is 262 g/mol. The van der Waals surface area contributed by atoms with E-state index in [0.717, 1.165) is 19.3 Å². The Bertz CT molecular complexity index is 352. The van der Waals surface area contributed by atoms with Crippen molar-refractivity contribution < 1.29 is 9.59 Å². The molecule has 6 heteroatoms. The molecule has 0 saturated carbocycles. The average molecular weight is 285 g/mol. The van der Waals surface area contributed by atoms with Gasteiger partial charge in [-0.15, -0.1) is 0 Å². The number of nitrogens with zero attached hydrogens (tertiary/aromatic N) is 1. The second-order valence-corrected chi connectivity index (χ2v) is 5.52. The second-order valence-electron chi connectivity index (χ2n) is 5.04. The van der Waals surface area contributed by atoms with Crippen molar-refractivity contribution in [2.45, 2.75) is 45.6 Å². The first kappa shape index (κ1) is 15.9. The zero-order chi connectivity index (χ0) is 14.4. The highest BCUT2D eigenvalue weighted by atomic mass is 32.1. The fourth-order valence-electron chi connectivity index (χ4n) is 2.43. The first-order chi connectivity index (χ1) is 8.95. The summed E-state index contributed by atoms with van der Waals surface area (Å²) in [5, 5.41) is 2.89. The predicted molar refractivity (Wildman–Crippen MR) is 78.6 cm³/mol. The van der Waals surface area contributed by atoms with E-state index in [1.165, 1.54) is 6.92 Å². The molecule has 1 aliphatic heterocycles. The Morgan fingerprint density at radius 2 is 2.00 bits per heavy atom. The van der Waals surface area contributed by atoms with Gasteiger partial charge in [-0.3, -0.25) is 9.59 Å². The van der Waals surface area contributed by atoms with Crippen LogP contribution in [0.4, 0.5) is 0 Å². The molecule has 0 aromatic carbocycles. The monoisotopic (exact) mass is 285 g/mol. The molecule has 0 aromatic heterocycles. The number of nitrogens with one attached hydrogen (secondary N) is 1. The second kappa shape index (κ2) is 7.43. The molecule has 2 amide bonds. The van der Waals surface area contributed by atoms with Crippen molar-refractivity contribution in [3.05, 3.63) is 0 Å². The van der Waals surface area contributed by atoms with Crippen LogP contribution in [0.15, 0.2) is 0 Å². The Morgan fingerprint density at radius 3 is 2.42 bits per heavy atom. The van der Waals surface area contributed by atoms with E-state index < -0.39 is 0 Å². The van der Waals surface area contributed by atoms with Gasteiger partial charge in [-0.1, -0.05) is 25.6 Å². The Morgan fingerprint density at radius 1 is 1.42 bits per heavy atom. The molecule has 1 fully saturated rings. The summed E-state index contributed by atoms with van der Waals surface area (Å²) in [7, 11) is 0. The Labute approximate surface area is 119 Å². The van der Waals surface area contributed by atoms with E-state index in [2.05, 4.69) is 5.32 Å². The van der Waals surface area contributed by atoms with Gasteiger partial charge in [0.05, 0.1) is 10.9 Å². The summed E-state index contributed by atoms with van der Waals surface area (Å²) in [6, 6.07) is 0.177. The van der Waals surface area contributed by atoms with Crippen molar-refractivity contribution >= 4 is 29.0 Å². The van der Waals surface area contributed by atoms with E-state index in [9.17, 15) is 9.59 Å². The number of amides is 2. The Hall–Kier alpha value is -1.17. The van der Waals surface area contributed by atoms with E-state index in [1.807, 2.05) is 11.8 Å². The van der Waals surface area contributed by atoms with Gasteiger partial charge in [0.1, 0.15) is 0 Å². The predicted octanol–water partition coefficient (Wildman–Crippen LogP) is 0.816. The molecule has 1 heterocycles. The zero-order valence-corrected chi connectivity index (χ0v) is 12.5. The molecular formula is C13H23N3O2S. The SMILES string of the molecule is CCCC(C(=O)N1CCC(NC(C)=O)CC1)C(N)=S.